The van der Waals surface area contributed by atoms with E-state index in [2.05, 4.69) is 4.72 Å². The van der Waals surface area contributed by atoms with Crippen LogP contribution in [-0.4, -0.2) is 27.7 Å². The van der Waals surface area contributed by atoms with Crippen LogP contribution < -0.4 is 9.62 Å². The number of benzene rings is 2. The molecule has 1 fully saturated rings. The number of halogens is 2. The average Bonchev–Trinajstić information content (AvgIpc) is 2.96. The standard InChI is InChI=1S/C15H12F2N2O4S/c16-13-5-4-12(9-14(13)17)24(21,22)18-10-2-1-3-11(8-10)19-6-7-23-15(19)20/h1-5,8-9,18H,6-7H2. The summed E-state index contributed by atoms with van der Waals surface area (Å²) in [6.07, 6.45) is -0.518. The van der Waals surface area contributed by atoms with Crippen LogP contribution in [0.4, 0.5) is 25.0 Å². The fourth-order valence-electron chi connectivity index (χ4n) is 2.22. The zero-order valence-electron chi connectivity index (χ0n) is 12.2. The third-order valence-corrected chi connectivity index (χ3v) is 4.75. The Bertz CT molecular complexity index is 902. The molecule has 24 heavy (non-hydrogen) atoms. The molecule has 0 aliphatic carbocycles. The number of carbonyl (C=O) groups is 1. The number of hydrogen-bond donors (Lipinski definition) is 1. The molecule has 1 heterocycles. The maximum absolute atomic E-state index is 13.2. The quantitative estimate of drug-likeness (QED) is 0.916. The van der Waals surface area contributed by atoms with Crippen molar-refractivity contribution in [3.8, 4) is 0 Å². The van der Waals surface area contributed by atoms with Gasteiger partial charge in [-0.3, -0.25) is 9.62 Å². The molecule has 0 bridgehead atoms. The SMILES string of the molecule is O=C1OCCN1c1cccc(NS(=O)(=O)c2ccc(F)c(F)c2)c1. The number of hydrogen-bond acceptors (Lipinski definition) is 4. The van der Waals surface area contributed by atoms with E-state index in [-0.39, 0.29) is 12.3 Å². The van der Waals surface area contributed by atoms with Gasteiger partial charge in [-0.1, -0.05) is 6.07 Å². The van der Waals surface area contributed by atoms with E-state index in [9.17, 15) is 22.0 Å². The van der Waals surface area contributed by atoms with E-state index in [1.54, 1.807) is 12.1 Å². The summed E-state index contributed by atoms with van der Waals surface area (Å²) in [7, 11) is -4.10. The smallest absolute Gasteiger partial charge is 0.414 e. The lowest BCUT2D eigenvalue weighted by Gasteiger charge is -2.14. The van der Waals surface area contributed by atoms with E-state index in [1.165, 1.54) is 17.0 Å². The minimum absolute atomic E-state index is 0.178. The van der Waals surface area contributed by atoms with Gasteiger partial charge in [0.2, 0.25) is 0 Å². The molecule has 2 aromatic carbocycles. The molecule has 1 saturated heterocycles. The molecule has 0 atom stereocenters. The molecule has 3 rings (SSSR count). The van der Waals surface area contributed by atoms with Crippen molar-refractivity contribution in [2.75, 3.05) is 22.8 Å². The van der Waals surface area contributed by atoms with E-state index in [4.69, 9.17) is 4.74 Å². The van der Waals surface area contributed by atoms with E-state index >= 15 is 0 Å². The highest BCUT2D eigenvalue weighted by atomic mass is 32.2. The predicted molar refractivity (Wildman–Crippen MR) is 82.3 cm³/mol. The van der Waals surface area contributed by atoms with Crippen LogP contribution in [0.5, 0.6) is 0 Å². The van der Waals surface area contributed by atoms with Gasteiger partial charge in [0.05, 0.1) is 17.1 Å². The zero-order valence-corrected chi connectivity index (χ0v) is 13.0. The summed E-state index contributed by atoms with van der Waals surface area (Å²) in [5.74, 6) is -2.39. The second-order valence-corrected chi connectivity index (χ2v) is 6.68. The number of rotatable bonds is 4. The molecule has 0 aromatic heterocycles. The molecule has 0 spiro atoms. The van der Waals surface area contributed by atoms with Crippen molar-refractivity contribution in [1.29, 1.82) is 0 Å². The summed E-state index contributed by atoms with van der Waals surface area (Å²) in [6.45, 7) is 0.613. The Morgan fingerprint density at radius 1 is 1.08 bits per heavy atom. The highest BCUT2D eigenvalue weighted by Gasteiger charge is 2.24. The number of anilines is 2. The Kier molecular flexibility index (Phi) is 4.10. The first-order valence-corrected chi connectivity index (χ1v) is 8.37. The zero-order chi connectivity index (χ0) is 17.3. The van der Waals surface area contributed by atoms with Crippen LogP contribution >= 0.6 is 0 Å². The predicted octanol–water partition coefficient (Wildman–Crippen LogP) is 2.72. The van der Waals surface area contributed by atoms with E-state index in [0.29, 0.717) is 18.3 Å². The Balaban J connectivity index is 1.87. The van der Waals surface area contributed by atoms with Gasteiger partial charge in [0.15, 0.2) is 11.6 Å². The second kappa shape index (κ2) is 6.08. The molecule has 0 radical (unpaired) electrons. The maximum atomic E-state index is 13.2. The Morgan fingerprint density at radius 2 is 1.88 bits per heavy atom. The van der Waals surface area contributed by atoms with Gasteiger partial charge < -0.3 is 4.74 Å². The van der Waals surface area contributed by atoms with E-state index in [1.807, 2.05) is 0 Å². The van der Waals surface area contributed by atoms with Crippen molar-refractivity contribution in [2.24, 2.45) is 0 Å². The van der Waals surface area contributed by atoms with Crippen molar-refractivity contribution < 1.29 is 26.7 Å². The summed E-state index contributed by atoms with van der Waals surface area (Å²) >= 11 is 0. The third-order valence-electron chi connectivity index (χ3n) is 3.37. The molecule has 9 heteroatoms. The fraction of sp³-hybridized carbons (Fsp3) is 0.133. The third kappa shape index (κ3) is 3.16. The highest BCUT2D eigenvalue weighted by Crippen LogP contribution is 2.24. The number of cyclic esters (lactones) is 1. The minimum atomic E-state index is -4.10. The number of amides is 1. The summed E-state index contributed by atoms with van der Waals surface area (Å²) < 4.78 is 57.8. The van der Waals surface area contributed by atoms with Crippen LogP contribution in [0.1, 0.15) is 0 Å². The lowest BCUT2D eigenvalue weighted by Crippen LogP contribution is -2.23. The molecule has 0 saturated carbocycles. The van der Waals surface area contributed by atoms with Gasteiger partial charge in [-0.05, 0) is 36.4 Å². The number of sulfonamides is 1. The normalized spacial score (nSPS) is 14.6. The van der Waals surface area contributed by atoms with Gasteiger partial charge in [0, 0.05) is 5.69 Å². The van der Waals surface area contributed by atoms with Crippen LogP contribution in [0.25, 0.3) is 0 Å². The minimum Gasteiger partial charge on any atom is -0.447 e. The monoisotopic (exact) mass is 354 g/mol. The molecular formula is C15H12F2N2O4S. The summed E-state index contributed by atoms with van der Waals surface area (Å²) in [6, 6.07) is 8.40. The van der Waals surface area contributed by atoms with Crippen molar-refractivity contribution in [3.05, 3.63) is 54.1 Å². The molecule has 1 aliphatic heterocycles. The van der Waals surface area contributed by atoms with Gasteiger partial charge in [0.25, 0.3) is 10.0 Å². The molecule has 1 aliphatic rings. The number of nitrogens with one attached hydrogen (secondary N) is 1. The van der Waals surface area contributed by atoms with Crippen molar-refractivity contribution in [3.63, 3.8) is 0 Å². The van der Waals surface area contributed by atoms with Crippen LogP contribution in [0, 0.1) is 11.6 Å². The maximum Gasteiger partial charge on any atom is 0.414 e. The molecule has 0 unspecified atom stereocenters. The van der Waals surface area contributed by atoms with Crippen molar-refractivity contribution in [1.82, 2.24) is 0 Å². The molecule has 6 nitrogen and oxygen atoms in total. The summed E-state index contributed by atoms with van der Waals surface area (Å²) in [5, 5.41) is 0. The Morgan fingerprint density at radius 3 is 2.54 bits per heavy atom. The number of carbonyl (C=O) groups excluding carboxylic acids is 1. The van der Waals surface area contributed by atoms with Crippen molar-refractivity contribution in [2.45, 2.75) is 4.90 Å². The summed E-state index contributed by atoms with van der Waals surface area (Å²) in [5.41, 5.74) is 0.639. The first kappa shape index (κ1) is 16.2. The first-order chi connectivity index (χ1) is 11.4. The largest absolute Gasteiger partial charge is 0.447 e. The highest BCUT2D eigenvalue weighted by molar-refractivity contribution is 7.92. The van der Waals surface area contributed by atoms with Crippen LogP contribution in [0.15, 0.2) is 47.4 Å². The second-order valence-electron chi connectivity index (χ2n) is 5.00. The lowest BCUT2D eigenvalue weighted by molar-refractivity contribution is 0.181. The van der Waals surface area contributed by atoms with Crippen LogP contribution in [0.3, 0.4) is 0 Å². The van der Waals surface area contributed by atoms with Gasteiger partial charge in [-0.2, -0.15) is 0 Å². The van der Waals surface area contributed by atoms with Gasteiger partial charge >= 0.3 is 6.09 Å². The molecule has 1 N–H and O–H groups in total. The Labute approximate surface area is 136 Å². The lowest BCUT2D eigenvalue weighted by atomic mass is 10.2. The van der Waals surface area contributed by atoms with Crippen molar-refractivity contribution >= 4 is 27.5 Å². The Hall–Kier alpha value is -2.68. The summed E-state index contributed by atoms with van der Waals surface area (Å²) in [4.78, 5) is 12.5. The molecule has 126 valence electrons. The van der Waals surface area contributed by atoms with E-state index in [0.717, 1.165) is 12.1 Å². The van der Waals surface area contributed by atoms with E-state index < -0.39 is 32.6 Å². The number of ether oxygens (including phenoxy) is 1. The molecular weight excluding hydrogens is 342 g/mol. The fourth-order valence-corrected chi connectivity index (χ4v) is 3.28. The van der Waals surface area contributed by atoms with Gasteiger partial charge in [0.1, 0.15) is 6.61 Å². The topological polar surface area (TPSA) is 75.7 Å². The average molecular weight is 354 g/mol. The van der Waals surface area contributed by atoms with Crippen LogP contribution in [0.2, 0.25) is 0 Å². The molecule has 1 amide bonds. The first-order valence-electron chi connectivity index (χ1n) is 6.89. The van der Waals surface area contributed by atoms with Gasteiger partial charge in [-0.15, -0.1) is 0 Å². The number of nitrogens with zero attached hydrogens (tertiary/aromatic N) is 1. The van der Waals surface area contributed by atoms with Crippen LogP contribution in [-0.2, 0) is 14.8 Å². The molecule has 2 aromatic rings. The van der Waals surface area contributed by atoms with Gasteiger partial charge in [-0.25, -0.2) is 22.0 Å².